The first kappa shape index (κ1) is 17.4. The molecular formula is C23H16N6O2. The highest BCUT2D eigenvalue weighted by atomic mass is 16.5. The van der Waals surface area contributed by atoms with Crippen molar-refractivity contribution in [1.29, 1.82) is 0 Å². The van der Waals surface area contributed by atoms with Gasteiger partial charge in [0.2, 0.25) is 0 Å². The number of methoxy groups -OCH3 is 1. The smallest absolute Gasteiger partial charge is 0.159 e. The molecule has 0 saturated carbocycles. The number of rotatable bonds is 4. The first-order valence-electron chi connectivity index (χ1n) is 9.65. The number of furan rings is 1. The molecule has 0 aliphatic rings. The number of aromatic nitrogens is 6. The van der Waals surface area contributed by atoms with Crippen LogP contribution < -0.4 is 4.74 Å². The molecule has 0 spiro atoms. The van der Waals surface area contributed by atoms with Crippen molar-refractivity contribution < 1.29 is 9.15 Å². The molecule has 0 aliphatic heterocycles. The molecule has 8 nitrogen and oxygen atoms in total. The number of nitrogens with zero attached hydrogens (tertiary/aromatic N) is 4. The molecule has 0 aliphatic carbocycles. The Morgan fingerprint density at radius 1 is 1.00 bits per heavy atom. The third kappa shape index (κ3) is 2.84. The molecular weight excluding hydrogens is 392 g/mol. The van der Waals surface area contributed by atoms with E-state index in [-0.39, 0.29) is 0 Å². The standard InChI is InChI=1S/C23H16N6O2/c1-30-15-7-14(9-24-10-15)19-8-17-20(11-25-19)28-29-22(17)23-26-18-4-2-3-16(21(18)27-23)13-5-6-31-12-13/h2-12H,1H3,(H,26,27)(H,28,29). The van der Waals surface area contributed by atoms with E-state index < -0.39 is 0 Å². The lowest BCUT2D eigenvalue weighted by atomic mass is 10.1. The minimum atomic E-state index is 0.677. The monoisotopic (exact) mass is 408 g/mol. The van der Waals surface area contributed by atoms with E-state index in [1.54, 1.807) is 38.2 Å². The Balaban J connectivity index is 1.50. The van der Waals surface area contributed by atoms with Gasteiger partial charge in [-0.1, -0.05) is 12.1 Å². The largest absolute Gasteiger partial charge is 0.495 e. The topological polar surface area (TPSA) is 106 Å². The molecule has 5 heterocycles. The van der Waals surface area contributed by atoms with Gasteiger partial charge < -0.3 is 14.1 Å². The van der Waals surface area contributed by atoms with E-state index in [2.05, 4.69) is 25.1 Å². The number of aromatic amines is 2. The summed E-state index contributed by atoms with van der Waals surface area (Å²) in [4.78, 5) is 17.0. The van der Waals surface area contributed by atoms with Gasteiger partial charge in [-0.05, 0) is 24.3 Å². The number of para-hydroxylation sites is 1. The van der Waals surface area contributed by atoms with E-state index in [1.165, 1.54) is 0 Å². The van der Waals surface area contributed by atoms with Crippen molar-refractivity contribution in [3.63, 3.8) is 0 Å². The molecule has 1 aromatic carbocycles. The molecule has 0 unspecified atom stereocenters. The minimum Gasteiger partial charge on any atom is -0.495 e. The van der Waals surface area contributed by atoms with Crippen molar-refractivity contribution in [2.24, 2.45) is 0 Å². The lowest BCUT2D eigenvalue weighted by Crippen LogP contribution is -1.89. The van der Waals surface area contributed by atoms with Crippen LogP contribution >= 0.6 is 0 Å². The summed E-state index contributed by atoms with van der Waals surface area (Å²) in [7, 11) is 1.62. The van der Waals surface area contributed by atoms with Crippen molar-refractivity contribution >= 4 is 21.9 Å². The van der Waals surface area contributed by atoms with Gasteiger partial charge in [0.25, 0.3) is 0 Å². The Morgan fingerprint density at radius 3 is 2.84 bits per heavy atom. The Bertz CT molecular complexity index is 1530. The minimum absolute atomic E-state index is 0.677. The highest BCUT2D eigenvalue weighted by Crippen LogP contribution is 2.32. The van der Waals surface area contributed by atoms with Gasteiger partial charge in [-0.25, -0.2) is 4.98 Å². The van der Waals surface area contributed by atoms with Gasteiger partial charge in [-0.15, -0.1) is 0 Å². The van der Waals surface area contributed by atoms with Crippen LogP contribution in [0.2, 0.25) is 0 Å². The van der Waals surface area contributed by atoms with Crippen LogP contribution in [0.25, 0.3) is 55.8 Å². The lowest BCUT2D eigenvalue weighted by Gasteiger charge is -2.03. The second-order valence-electron chi connectivity index (χ2n) is 7.10. The average Bonchev–Trinajstić information content (AvgIpc) is 3.57. The van der Waals surface area contributed by atoms with Gasteiger partial charge in [0.05, 0.1) is 54.3 Å². The first-order chi connectivity index (χ1) is 15.3. The van der Waals surface area contributed by atoms with Crippen LogP contribution in [0.15, 0.2) is 71.9 Å². The zero-order chi connectivity index (χ0) is 20.8. The molecule has 8 heteroatoms. The van der Waals surface area contributed by atoms with Crippen LogP contribution in [0.5, 0.6) is 5.75 Å². The number of benzene rings is 1. The lowest BCUT2D eigenvalue weighted by molar-refractivity contribution is 0.413. The molecule has 31 heavy (non-hydrogen) atoms. The summed E-state index contributed by atoms with van der Waals surface area (Å²) in [6.07, 6.45) is 8.56. The molecule has 0 fully saturated rings. The second kappa shape index (κ2) is 6.81. The van der Waals surface area contributed by atoms with Crippen LogP contribution in [0.3, 0.4) is 0 Å². The molecule has 0 atom stereocenters. The van der Waals surface area contributed by atoms with E-state index in [0.29, 0.717) is 11.6 Å². The number of pyridine rings is 2. The molecule has 6 aromatic rings. The number of hydrogen-bond donors (Lipinski definition) is 2. The maximum Gasteiger partial charge on any atom is 0.159 e. The highest BCUT2D eigenvalue weighted by molar-refractivity contribution is 5.97. The molecule has 0 bridgehead atoms. The normalized spacial score (nSPS) is 11.4. The Morgan fingerprint density at radius 2 is 1.97 bits per heavy atom. The van der Waals surface area contributed by atoms with E-state index in [9.17, 15) is 0 Å². The number of ether oxygens (including phenoxy) is 1. The SMILES string of the molecule is COc1cncc(-c2cc3c(-c4nc5c(-c6ccoc6)cccc5[nH]4)n[nH]c3cn2)c1. The zero-order valence-corrected chi connectivity index (χ0v) is 16.5. The third-order valence-corrected chi connectivity index (χ3v) is 5.26. The van der Waals surface area contributed by atoms with Gasteiger partial charge in [0.15, 0.2) is 5.82 Å². The summed E-state index contributed by atoms with van der Waals surface area (Å²) in [6.45, 7) is 0. The fourth-order valence-corrected chi connectivity index (χ4v) is 3.72. The number of hydrogen-bond acceptors (Lipinski definition) is 6. The predicted molar refractivity (Wildman–Crippen MR) is 116 cm³/mol. The molecule has 0 saturated heterocycles. The quantitative estimate of drug-likeness (QED) is 0.433. The number of fused-ring (bicyclic) bond motifs is 2. The van der Waals surface area contributed by atoms with Crippen molar-refractivity contribution in [2.45, 2.75) is 0 Å². The van der Waals surface area contributed by atoms with Crippen molar-refractivity contribution in [2.75, 3.05) is 7.11 Å². The summed E-state index contributed by atoms with van der Waals surface area (Å²) >= 11 is 0. The summed E-state index contributed by atoms with van der Waals surface area (Å²) in [5, 5.41) is 8.46. The Kier molecular flexibility index (Phi) is 3.82. The summed E-state index contributed by atoms with van der Waals surface area (Å²) in [6, 6.07) is 11.8. The molecule has 6 rings (SSSR count). The molecule has 0 radical (unpaired) electrons. The maximum atomic E-state index is 5.29. The zero-order valence-electron chi connectivity index (χ0n) is 16.5. The molecule has 5 aromatic heterocycles. The van der Waals surface area contributed by atoms with Gasteiger partial charge in [-0.2, -0.15) is 5.10 Å². The Hall–Kier alpha value is -4.46. The van der Waals surface area contributed by atoms with Crippen LogP contribution in [0.1, 0.15) is 0 Å². The summed E-state index contributed by atoms with van der Waals surface area (Å²) in [5.74, 6) is 1.36. The number of imidazole rings is 1. The van der Waals surface area contributed by atoms with Crippen molar-refractivity contribution in [1.82, 2.24) is 30.1 Å². The van der Waals surface area contributed by atoms with Gasteiger partial charge in [0, 0.05) is 28.3 Å². The third-order valence-electron chi connectivity index (χ3n) is 5.26. The van der Waals surface area contributed by atoms with Crippen LogP contribution in [-0.2, 0) is 0 Å². The fourth-order valence-electron chi connectivity index (χ4n) is 3.72. The van der Waals surface area contributed by atoms with E-state index in [0.717, 1.165) is 50.0 Å². The van der Waals surface area contributed by atoms with Gasteiger partial charge >= 0.3 is 0 Å². The van der Waals surface area contributed by atoms with E-state index >= 15 is 0 Å². The average molecular weight is 408 g/mol. The van der Waals surface area contributed by atoms with E-state index in [1.807, 2.05) is 36.4 Å². The van der Waals surface area contributed by atoms with E-state index in [4.69, 9.17) is 14.1 Å². The summed E-state index contributed by atoms with van der Waals surface area (Å²) < 4.78 is 10.5. The highest BCUT2D eigenvalue weighted by Gasteiger charge is 2.16. The van der Waals surface area contributed by atoms with Crippen LogP contribution in [-0.4, -0.2) is 37.2 Å². The van der Waals surface area contributed by atoms with Crippen molar-refractivity contribution in [3.05, 3.63) is 67.5 Å². The number of nitrogens with one attached hydrogen (secondary N) is 2. The van der Waals surface area contributed by atoms with Crippen molar-refractivity contribution in [3.8, 4) is 39.7 Å². The van der Waals surface area contributed by atoms with Crippen LogP contribution in [0, 0.1) is 0 Å². The van der Waals surface area contributed by atoms with Crippen LogP contribution in [0.4, 0.5) is 0 Å². The first-order valence-corrected chi connectivity index (χ1v) is 9.65. The van der Waals surface area contributed by atoms with Gasteiger partial charge in [-0.3, -0.25) is 15.1 Å². The maximum absolute atomic E-state index is 5.29. The van der Waals surface area contributed by atoms with Gasteiger partial charge in [0.1, 0.15) is 11.4 Å². The second-order valence-corrected chi connectivity index (χ2v) is 7.10. The molecule has 2 N–H and O–H groups in total. The summed E-state index contributed by atoms with van der Waals surface area (Å²) in [5.41, 5.74) is 6.95. The fraction of sp³-hybridized carbons (Fsp3) is 0.0435. The molecule has 150 valence electrons. The number of H-pyrrole nitrogens is 2. The predicted octanol–water partition coefficient (Wildman–Crippen LogP) is 4.83. The molecule has 0 amide bonds. The Labute approximate surface area is 176 Å².